The minimum Gasteiger partial charge on any atom is -0.454 e. The highest BCUT2D eigenvalue weighted by Gasteiger charge is 2.22. The Morgan fingerprint density at radius 2 is 1.88 bits per heavy atom. The van der Waals surface area contributed by atoms with Gasteiger partial charge in [0.25, 0.3) is 0 Å². The first kappa shape index (κ1) is 18.3. The molecule has 134 valence electrons. The summed E-state index contributed by atoms with van der Waals surface area (Å²) < 4.78 is 18.3. The van der Waals surface area contributed by atoms with Gasteiger partial charge >= 0.3 is 5.97 Å². The van der Waals surface area contributed by atoms with E-state index >= 15 is 0 Å². The lowest BCUT2D eigenvalue weighted by Gasteiger charge is -2.15. The minimum absolute atomic E-state index is 0.0721. The van der Waals surface area contributed by atoms with Crippen LogP contribution in [0.1, 0.15) is 33.6 Å². The molecule has 0 bridgehead atoms. The van der Waals surface area contributed by atoms with Crippen LogP contribution in [-0.4, -0.2) is 30.8 Å². The number of carbonyl (C=O) groups excluding carboxylic acids is 3. The second kappa shape index (κ2) is 7.78. The zero-order valence-electron chi connectivity index (χ0n) is 13.7. The number of ether oxygens (including phenoxy) is 1. The highest BCUT2D eigenvalue weighted by atomic mass is 79.9. The van der Waals surface area contributed by atoms with Gasteiger partial charge in [0.1, 0.15) is 5.82 Å². The maximum absolute atomic E-state index is 13.1. The Hall–Kier alpha value is -2.54. The maximum Gasteiger partial charge on any atom is 0.339 e. The number of rotatable bonds is 5. The second-order valence-electron chi connectivity index (χ2n) is 5.82. The van der Waals surface area contributed by atoms with Crippen molar-refractivity contribution in [2.45, 2.75) is 12.8 Å². The molecule has 0 aliphatic carbocycles. The van der Waals surface area contributed by atoms with Gasteiger partial charge in [-0.05, 0) is 64.8 Å². The Morgan fingerprint density at radius 3 is 2.50 bits per heavy atom. The van der Waals surface area contributed by atoms with Gasteiger partial charge < -0.3 is 9.64 Å². The van der Waals surface area contributed by atoms with E-state index in [1.165, 1.54) is 6.07 Å². The van der Waals surface area contributed by atoms with E-state index < -0.39 is 18.4 Å². The Bertz CT molecular complexity index is 866. The molecule has 0 radical (unpaired) electrons. The van der Waals surface area contributed by atoms with Gasteiger partial charge in [-0.15, -0.1) is 0 Å². The Morgan fingerprint density at radius 1 is 1.15 bits per heavy atom. The molecule has 1 aliphatic heterocycles. The number of hydrogen-bond acceptors (Lipinski definition) is 4. The van der Waals surface area contributed by atoms with Gasteiger partial charge in [0.2, 0.25) is 5.91 Å². The van der Waals surface area contributed by atoms with Gasteiger partial charge in [-0.25, -0.2) is 9.18 Å². The third kappa shape index (κ3) is 3.99. The summed E-state index contributed by atoms with van der Waals surface area (Å²) in [6, 6.07) is 10.2. The summed E-state index contributed by atoms with van der Waals surface area (Å²) in [7, 11) is 0. The number of Topliss-reactive ketones (excluding diaryl/α,β-unsaturated/α-hetero) is 1. The molecule has 1 heterocycles. The van der Waals surface area contributed by atoms with Crippen molar-refractivity contribution < 1.29 is 23.5 Å². The summed E-state index contributed by atoms with van der Waals surface area (Å²) in [5.74, 6) is -1.50. The number of esters is 1. The molecule has 5 nitrogen and oxygen atoms in total. The van der Waals surface area contributed by atoms with Crippen molar-refractivity contribution in [3.63, 3.8) is 0 Å². The lowest BCUT2D eigenvalue weighted by molar-refractivity contribution is -0.117. The molecule has 1 fully saturated rings. The lowest BCUT2D eigenvalue weighted by atomic mass is 10.1. The average molecular weight is 420 g/mol. The molecule has 0 spiro atoms. The number of benzene rings is 2. The molecule has 0 saturated carbocycles. The van der Waals surface area contributed by atoms with E-state index in [9.17, 15) is 18.8 Å². The van der Waals surface area contributed by atoms with Crippen LogP contribution >= 0.6 is 15.9 Å². The van der Waals surface area contributed by atoms with Crippen LogP contribution in [0.4, 0.5) is 10.1 Å². The molecule has 2 aromatic rings. The van der Waals surface area contributed by atoms with Crippen molar-refractivity contribution in [3.8, 4) is 0 Å². The van der Waals surface area contributed by atoms with Crippen molar-refractivity contribution in [3.05, 3.63) is 63.9 Å². The van der Waals surface area contributed by atoms with Crippen molar-refractivity contribution in [2.75, 3.05) is 18.1 Å². The molecule has 1 amide bonds. The van der Waals surface area contributed by atoms with Gasteiger partial charge in [0, 0.05) is 28.7 Å². The van der Waals surface area contributed by atoms with Gasteiger partial charge in [-0.2, -0.15) is 0 Å². The topological polar surface area (TPSA) is 63.7 Å². The first-order valence-corrected chi connectivity index (χ1v) is 8.81. The summed E-state index contributed by atoms with van der Waals surface area (Å²) in [5, 5.41) is 0. The number of hydrogen-bond donors (Lipinski definition) is 0. The van der Waals surface area contributed by atoms with E-state index in [0.29, 0.717) is 18.5 Å². The first-order chi connectivity index (χ1) is 12.5. The van der Waals surface area contributed by atoms with E-state index in [1.54, 1.807) is 29.2 Å². The van der Waals surface area contributed by atoms with Crippen LogP contribution in [0.3, 0.4) is 0 Å². The summed E-state index contributed by atoms with van der Waals surface area (Å²) in [4.78, 5) is 37.6. The van der Waals surface area contributed by atoms with Crippen molar-refractivity contribution in [1.29, 1.82) is 0 Å². The molecule has 0 aromatic heterocycles. The molecule has 26 heavy (non-hydrogen) atoms. The average Bonchev–Trinajstić information content (AvgIpc) is 3.05. The van der Waals surface area contributed by atoms with E-state index in [-0.39, 0.29) is 21.7 Å². The molecular formula is C19H15BrFNO4. The Labute approximate surface area is 157 Å². The standard InChI is InChI=1S/C19H15BrFNO4/c20-16-10-13(21)5-8-15(16)19(25)26-11-17(23)12-3-6-14(7-4-12)22-9-1-2-18(22)24/h3-8,10H,1-2,9,11H2. The summed E-state index contributed by atoms with van der Waals surface area (Å²) in [6.07, 6.45) is 1.37. The zero-order valence-corrected chi connectivity index (χ0v) is 15.3. The number of nitrogens with zero attached hydrogens (tertiary/aromatic N) is 1. The molecule has 1 saturated heterocycles. The summed E-state index contributed by atoms with van der Waals surface area (Å²) >= 11 is 3.09. The van der Waals surface area contributed by atoms with E-state index in [1.807, 2.05) is 0 Å². The second-order valence-corrected chi connectivity index (χ2v) is 6.67. The number of carbonyl (C=O) groups is 3. The van der Waals surface area contributed by atoms with Crippen LogP contribution in [0, 0.1) is 5.82 Å². The van der Waals surface area contributed by atoms with Crippen LogP contribution in [0.5, 0.6) is 0 Å². The monoisotopic (exact) mass is 419 g/mol. The number of halogens is 2. The Kier molecular flexibility index (Phi) is 5.46. The first-order valence-electron chi connectivity index (χ1n) is 8.01. The van der Waals surface area contributed by atoms with E-state index in [0.717, 1.165) is 24.2 Å². The van der Waals surface area contributed by atoms with Gasteiger partial charge in [-0.1, -0.05) is 0 Å². The fourth-order valence-corrected chi connectivity index (χ4v) is 3.21. The third-order valence-corrected chi connectivity index (χ3v) is 4.72. The number of ketones is 1. The normalized spacial score (nSPS) is 13.8. The summed E-state index contributed by atoms with van der Waals surface area (Å²) in [5.41, 5.74) is 1.27. The smallest absolute Gasteiger partial charge is 0.339 e. The van der Waals surface area contributed by atoms with Crippen molar-refractivity contribution in [2.24, 2.45) is 0 Å². The third-order valence-electron chi connectivity index (χ3n) is 4.06. The fourth-order valence-electron chi connectivity index (χ4n) is 2.70. The van der Waals surface area contributed by atoms with E-state index in [2.05, 4.69) is 15.9 Å². The van der Waals surface area contributed by atoms with Crippen molar-refractivity contribution in [1.82, 2.24) is 0 Å². The molecule has 1 aliphatic rings. The zero-order chi connectivity index (χ0) is 18.7. The van der Waals surface area contributed by atoms with Crippen LogP contribution < -0.4 is 4.90 Å². The summed E-state index contributed by atoms with van der Waals surface area (Å²) in [6.45, 7) is 0.251. The molecule has 0 unspecified atom stereocenters. The molecule has 2 aromatic carbocycles. The highest BCUT2D eigenvalue weighted by molar-refractivity contribution is 9.10. The van der Waals surface area contributed by atoms with E-state index in [4.69, 9.17) is 4.74 Å². The van der Waals surface area contributed by atoms with Gasteiger partial charge in [0.15, 0.2) is 12.4 Å². The lowest BCUT2D eigenvalue weighted by Crippen LogP contribution is -2.23. The molecule has 7 heteroatoms. The van der Waals surface area contributed by atoms with Crippen molar-refractivity contribution >= 4 is 39.3 Å². The largest absolute Gasteiger partial charge is 0.454 e. The fraction of sp³-hybridized carbons (Fsp3) is 0.211. The molecule has 3 rings (SSSR count). The van der Waals surface area contributed by atoms with Crippen LogP contribution in [0.25, 0.3) is 0 Å². The predicted molar refractivity (Wildman–Crippen MR) is 96.7 cm³/mol. The van der Waals surface area contributed by atoms with Crippen LogP contribution in [-0.2, 0) is 9.53 Å². The van der Waals surface area contributed by atoms with Gasteiger partial charge in [0.05, 0.1) is 5.56 Å². The quantitative estimate of drug-likeness (QED) is 0.546. The van der Waals surface area contributed by atoms with Crippen LogP contribution in [0.2, 0.25) is 0 Å². The SMILES string of the molecule is O=C(COC(=O)c1ccc(F)cc1Br)c1ccc(N2CCCC2=O)cc1. The van der Waals surface area contributed by atoms with Gasteiger partial charge in [-0.3, -0.25) is 9.59 Å². The molecule has 0 atom stereocenters. The maximum atomic E-state index is 13.1. The minimum atomic E-state index is -0.718. The highest BCUT2D eigenvalue weighted by Crippen LogP contribution is 2.22. The predicted octanol–water partition coefficient (Wildman–Crippen LogP) is 3.75. The number of amides is 1. The molecular weight excluding hydrogens is 405 g/mol. The number of anilines is 1. The Balaban J connectivity index is 1.61. The van der Waals surface area contributed by atoms with Crippen LogP contribution in [0.15, 0.2) is 46.9 Å². The molecule has 0 N–H and O–H groups in total.